The van der Waals surface area contributed by atoms with Gasteiger partial charge in [0.2, 0.25) is 0 Å². The lowest BCUT2D eigenvalue weighted by atomic mass is 9.82. The largest absolute Gasteiger partial charge is 0.396 e. The van der Waals surface area contributed by atoms with E-state index in [1.54, 1.807) is 12.0 Å². The van der Waals surface area contributed by atoms with E-state index in [1.807, 2.05) is 25.5 Å². The summed E-state index contributed by atoms with van der Waals surface area (Å²) >= 11 is 0. The fourth-order valence-corrected chi connectivity index (χ4v) is 3.71. The van der Waals surface area contributed by atoms with Crippen LogP contribution in [0.1, 0.15) is 48.6 Å². The maximum atomic E-state index is 12.9. The molecular formula is C17H27N3O4. The highest BCUT2D eigenvalue weighted by Crippen LogP contribution is 2.35. The van der Waals surface area contributed by atoms with Crippen LogP contribution in [0.4, 0.5) is 0 Å². The Hall–Kier alpha value is -1.44. The van der Waals surface area contributed by atoms with Gasteiger partial charge >= 0.3 is 0 Å². The number of rotatable bonds is 5. The molecule has 2 aliphatic heterocycles. The number of fused-ring (bicyclic) bond motifs is 1. The molecule has 0 aromatic carbocycles. The van der Waals surface area contributed by atoms with Crippen LogP contribution in [-0.4, -0.2) is 65.2 Å². The molecule has 7 nitrogen and oxygen atoms in total. The number of aliphatic hydroxyl groups excluding tert-OH is 1. The number of carbonyl (C=O) groups excluding carboxylic acids is 1. The van der Waals surface area contributed by atoms with Crippen molar-refractivity contribution < 1.29 is 19.4 Å². The van der Waals surface area contributed by atoms with Crippen LogP contribution in [-0.2, 0) is 22.4 Å². The Labute approximate surface area is 142 Å². The van der Waals surface area contributed by atoms with Gasteiger partial charge in [0, 0.05) is 37.6 Å². The predicted octanol–water partition coefficient (Wildman–Crippen LogP) is 1.01. The molecular weight excluding hydrogens is 310 g/mol. The SMILES string of the molecule is COCCn1nc(C(=O)N2CC(C)(CO)C2)c2c1[C@H](C)O[C@H](C)C2. The molecule has 1 aromatic heterocycles. The predicted molar refractivity (Wildman–Crippen MR) is 87.9 cm³/mol. The Kier molecular flexibility index (Phi) is 4.68. The molecule has 24 heavy (non-hydrogen) atoms. The van der Waals surface area contributed by atoms with Gasteiger partial charge in [-0.15, -0.1) is 0 Å². The summed E-state index contributed by atoms with van der Waals surface area (Å²) in [6.45, 7) is 8.39. The lowest BCUT2D eigenvalue weighted by Gasteiger charge is -2.46. The van der Waals surface area contributed by atoms with Crippen LogP contribution in [0.3, 0.4) is 0 Å². The highest BCUT2D eigenvalue weighted by atomic mass is 16.5. The van der Waals surface area contributed by atoms with Crippen molar-refractivity contribution in [3.05, 3.63) is 17.0 Å². The summed E-state index contributed by atoms with van der Waals surface area (Å²) in [4.78, 5) is 14.7. The summed E-state index contributed by atoms with van der Waals surface area (Å²) in [6.07, 6.45) is 0.672. The van der Waals surface area contributed by atoms with Crippen LogP contribution in [0.25, 0.3) is 0 Å². The van der Waals surface area contributed by atoms with Crippen LogP contribution >= 0.6 is 0 Å². The number of ether oxygens (including phenoxy) is 2. The zero-order chi connectivity index (χ0) is 17.5. The van der Waals surface area contributed by atoms with Crippen LogP contribution in [0.2, 0.25) is 0 Å². The number of methoxy groups -OCH3 is 1. The van der Waals surface area contributed by atoms with E-state index in [2.05, 4.69) is 5.10 Å². The molecule has 3 rings (SSSR count). The molecule has 1 fully saturated rings. The number of likely N-dealkylation sites (tertiary alicyclic amines) is 1. The average molecular weight is 337 g/mol. The van der Waals surface area contributed by atoms with Crippen molar-refractivity contribution in [1.29, 1.82) is 0 Å². The molecule has 134 valence electrons. The first kappa shape index (κ1) is 17.4. The van der Waals surface area contributed by atoms with Crippen LogP contribution in [0, 0.1) is 5.41 Å². The summed E-state index contributed by atoms with van der Waals surface area (Å²) in [5, 5.41) is 14.0. The molecule has 0 saturated carbocycles. The highest BCUT2D eigenvalue weighted by Gasteiger charge is 2.43. The summed E-state index contributed by atoms with van der Waals surface area (Å²) in [6, 6.07) is 0. The van der Waals surface area contributed by atoms with E-state index in [-0.39, 0.29) is 30.1 Å². The minimum atomic E-state index is -0.183. The normalized spacial score (nSPS) is 25.3. The number of carbonyl (C=O) groups is 1. The van der Waals surface area contributed by atoms with Crippen LogP contribution < -0.4 is 0 Å². The van der Waals surface area contributed by atoms with Crippen molar-refractivity contribution in [2.24, 2.45) is 5.41 Å². The Morgan fingerprint density at radius 2 is 2.17 bits per heavy atom. The van der Waals surface area contributed by atoms with Gasteiger partial charge in [-0.1, -0.05) is 6.92 Å². The molecule has 1 N–H and O–H groups in total. The lowest BCUT2D eigenvalue weighted by Crippen LogP contribution is -2.58. The van der Waals surface area contributed by atoms with Gasteiger partial charge in [-0.2, -0.15) is 5.10 Å². The van der Waals surface area contributed by atoms with Crippen LogP contribution in [0.15, 0.2) is 0 Å². The van der Waals surface area contributed by atoms with Gasteiger partial charge in [-0.3, -0.25) is 9.48 Å². The van der Waals surface area contributed by atoms with E-state index in [1.165, 1.54) is 0 Å². The quantitative estimate of drug-likeness (QED) is 0.868. The topological polar surface area (TPSA) is 76.8 Å². The van der Waals surface area contributed by atoms with E-state index in [4.69, 9.17) is 9.47 Å². The second kappa shape index (κ2) is 6.46. The number of aromatic nitrogens is 2. The zero-order valence-electron chi connectivity index (χ0n) is 14.9. The zero-order valence-corrected chi connectivity index (χ0v) is 14.9. The smallest absolute Gasteiger partial charge is 0.274 e. The lowest BCUT2D eigenvalue weighted by molar-refractivity contribution is -0.0165. The molecule has 3 heterocycles. The second-order valence-corrected chi connectivity index (χ2v) is 7.35. The third-order valence-electron chi connectivity index (χ3n) is 4.93. The Balaban J connectivity index is 1.89. The number of aliphatic hydroxyl groups is 1. The second-order valence-electron chi connectivity index (χ2n) is 7.35. The van der Waals surface area contributed by atoms with Gasteiger partial charge in [-0.05, 0) is 13.8 Å². The molecule has 0 bridgehead atoms. The van der Waals surface area contributed by atoms with Crippen molar-refractivity contribution in [2.75, 3.05) is 33.4 Å². The molecule has 0 radical (unpaired) electrons. The number of nitrogens with zero attached hydrogens (tertiary/aromatic N) is 3. The van der Waals surface area contributed by atoms with Crippen molar-refractivity contribution in [2.45, 2.75) is 45.9 Å². The standard InChI is InChI=1S/C17H27N3O4/c1-11-7-13-14(16(22)19-8-17(3,9-19)10-21)18-20(5-6-23-4)15(13)12(2)24-11/h11-12,21H,5-10H2,1-4H3/t11-,12+/m1/s1. The third kappa shape index (κ3) is 2.96. The number of amides is 1. The summed E-state index contributed by atoms with van der Waals surface area (Å²) in [5.74, 6) is -0.0466. The van der Waals surface area contributed by atoms with E-state index in [9.17, 15) is 9.90 Å². The van der Waals surface area contributed by atoms with Crippen molar-refractivity contribution in [3.63, 3.8) is 0 Å². The van der Waals surface area contributed by atoms with Gasteiger partial charge in [0.1, 0.15) is 0 Å². The fraction of sp³-hybridized carbons (Fsp3) is 0.765. The first-order valence-electron chi connectivity index (χ1n) is 8.52. The highest BCUT2D eigenvalue weighted by molar-refractivity contribution is 5.94. The van der Waals surface area contributed by atoms with Crippen LogP contribution in [0.5, 0.6) is 0 Å². The molecule has 1 amide bonds. The minimum absolute atomic E-state index is 0.0466. The first-order chi connectivity index (χ1) is 11.4. The molecule has 0 unspecified atom stereocenters. The van der Waals surface area contributed by atoms with E-state index in [0.717, 1.165) is 11.3 Å². The van der Waals surface area contributed by atoms with E-state index >= 15 is 0 Å². The number of hydrogen-bond donors (Lipinski definition) is 1. The number of hydrogen-bond acceptors (Lipinski definition) is 5. The summed E-state index contributed by atoms with van der Waals surface area (Å²) in [7, 11) is 1.65. The Morgan fingerprint density at radius 1 is 1.46 bits per heavy atom. The van der Waals surface area contributed by atoms with Crippen molar-refractivity contribution in [3.8, 4) is 0 Å². The van der Waals surface area contributed by atoms with Crippen molar-refractivity contribution in [1.82, 2.24) is 14.7 Å². The maximum Gasteiger partial charge on any atom is 0.274 e. The third-order valence-corrected chi connectivity index (χ3v) is 4.93. The molecule has 1 aromatic rings. The van der Waals surface area contributed by atoms with Gasteiger partial charge in [0.25, 0.3) is 5.91 Å². The van der Waals surface area contributed by atoms with Gasteiger partial charge in [-0.25, -0.2) is 0 Å². The Bertz CT molecular complexity index is 622. The maximum absolute atomic E-state index is 12.9. The average Bonchev–Trinajstić information content (AvgIpc) is 2.87. The Morgan fingerprint density at radius 3 is 2.79 bits per heavy atom. The fourth-order valence-electron chi connectivity index (χ4n) is 3.71. The molecule has 0 aliphatic carbocycles. The molecule has 0 spiro atoms. The molecule has 1 saturated heterocycles. The molecule has 2 atom stereocenters. The summed E-state index contributed by atoms with van der Waals surface area (Å²) in [5.41, 5.74) is 2.33. The van der Waals surface area contributed by atoms with Gasteiger partial charge < -0.3 is 19.5 Å². The first-order valence-corrected chi connectivity index (χ1v) is 8.52. The van der Waals surface area contributed by atoms with E-state index < -0.39 is 0 Å². The van der Waals surface area contributed by atoms with Gasteiger partial charge in [0.15, 0.2) is 5.69 Å². The summed E-state index contributed by atoms with van der Waals surface area (Å²) < 4.78 is 12.9. The van der Waals surface area contributed by atoms with E-state index in [0.29, 0.717) is 38.4 Å². The minimum Gasteiger partial charge on any atom is -0.396 e. The monoisotopic (exact) mass is 337 g/mol. The van der Waals surface area contributed by atoms with Gasteiger partial charge in [0.05, 0.1) is 37.7 Å². The van der Waals surface area contributed by atoms with Crippen molar-refractivity contribution >= 4 is 5.91 Å². The molecule has 2 aliphatic rings. The molecule has 7 heteroatoms.